The van der Waals surface area contributed by atoms with E-state index in [9.17, 15) is 0 Å². The maximum absolute atomic E-state index is 6.89. The van der Waals surface area contributed by atoms with Crippen LogP contribution in [0.2, 0.25) is 0 Å². The second-order valence-corrected chi connectivity index (χ2v) is 16.7. The molecule has 0 N–H and O–H groups in total. The van der Waals surface area contributed by atoms with E-state index >= 15 is 0 Å². The Hall–Kier alpha value is -6.82. The van der Waals surface area contributed by atoms with Crippen LogP contribution in [0.25, 0.3) is 103 Å². The molecule has 1 aliphatic heterocycles. The maximum atomic E-state index is 6.89. The van der Waals surface area contributed by atoms with E-state index in [4.69, 9.17) is 14.7 Å². The van der Waals surface area contributed by atoms with Crippen molar-refractivity contribution in [3.8, 4) is 51.0 Å². The largest absolute Gasteiger partial charge is 0.455 e. The average molecular weight is 734 g/mol. The maximum Gasteiger partial charge on any atom is 0.235 e. The molecule has 56 heavy (non-hydrogen) atoms. The molecule has 0 radical (unpaired) electrons. The van der Waals surface area contributed by atoms with Crippen molar-refractivity contribution in [2.45, 2.75) is 19.3 Å². The third kappa shape index (κ3) is 3.83. The van der Waals surface area contributed by atoms with Gasteiger partial charge in [-0.1, -0.05) is 123 Å². The van der Waals surface area contributed by atoms with Gasteiger partial charge in [-0.15, -0.1) is 11.3 Å². The predicted molar refractivity (Wildman–Crippen MR) is 233 cm³/mol. The molecular weight excluding hydrogens is 703 g/mol. The monoisotopic (exact) mass is 733 g/mol. The number of hydrogen-bond donors (Lipinski definition) is 0. The highest BCUT2D eigenvalue weighted by Crippen LogP contribution is 2.54. The first kappa shape index (κ1) is 30.5. The Balaban J connectivity index is 1.12. The van der Waals surface area contributed by atoms with Crippen LogP contribution in [0.3, 0.4) is 0 Å². The highest BCUT2D eigenvalue weighted by Gasteiger charge is 2.36. The molecular formula is C51H31N3OS. The SMILES string of the molecule is CC1(C)c2ccccc2-c2ccc(-c3ccc4nc(-n5c6ccccc6c6c7ccccc7c7c8ccccc8sc7c65)nc5c4c3Oc3ccccc3-5)cc21. The number of fused-ring (bicyclic) bond motifs is 15. The molecule has 0 atom stereocenters. The fourth-order valence-corrected chi connectivity index (χ4v) is 11.1. The number of hydrogen-bond acceptors (Lipinski definition) is 4. The smallest absolute Gasteiger partial charge is 0.235 e. The lowest BCUT2D eigenvalue weighted by Gasteiger charge is -2.25. The molecule has 11 aromatic rings. The molecule has 262 valence electrons. The van der Waals surface area contributed by atoms with Crippen molar-refractivity contribution in [2.75, 3.05) is 0 Å². The molecule has 0 saturated heterocycles. The Morgan fingerprint density at radius 3 is 2.11 bits per heavy atom. The van der Waals surface area contributed by atoms with Gasteiger partial charge in [0.15, 0.2) is 0 Å². The number of benzene rings is 8. The summed E-state index contributed by atoms with van der Waals surface area (Å²) >= 11 is 1.85. The lowest BCUT2D eigenvalue weighted by molar-refractivity contribution is 0.488. The van der Waals surface area contributed by atoms with E-state index in [0.29, 0.717) is 5.95 Å². The summed E-state index contributed by atoms with van der Waals surface area (Å²) in [7, 11) is 0. The first-order valence-electron chi connectivity index (χ1n) is 19.2. The van der Waals surface area contributed by atoms with Crippen molar-refractivity contribution in [3.05, 3.63) is 163 Å². The zero-order valence-electron chi connectivity index (χ0n) is 30.6. The quantitative estimate of drug-likeness (QED) is 0.178. The summed E-state index contributed by atoms with van der Waals surface area (Å²) in [4.78, 5) is 11.0. The van der Waals surface area contributed by atoms with Crippen LogP contribution in [0.5, 0.6) is 11.5 Å². The van der Waals surface area contributed by atoms with Crippen LogP contribution in [-0.2, 0) is 5.41 Å². The normalized spacial score (nSPS) is 13.8. The van der Waals surface area contributed by atoms with Crippen molar-refractivity contribution in [1.82, 2.24) is 14.5 Å². The molecule has 0 amide bonds. The Morgan fingerprint density at radius 1 is 0.554 bits per heavy atom. The van der Waals surface area contributed by atoms with E-state index in [-0.39, 0.29) is 5.41 Å². The third-order valence-corrected chi connectivity index (χ3v) is 13.6. The summed E-state index contributed by atoms with van der Waals surface area (Å²) in [5, 5.41) is 8.43. The molecule has 2 aliphatic rings. The van der Waals surface area contributed by atoms with Gasteiger partial charge in [-0.05, 0) is 81.1 Å². The van der Waals surface area contributed by atoms with Crippen LogP contribution in [-0.4, -0.2) is 14.5 Å². The van der Waals surface area contributed by atoms with E-state index in [2.05, 4.69) is 164 Å². The van der Waals surface area contributed by atoms with Crippen LogP contribution < -0.4 is 4.74 Å². The highest BCUT2D eigenvalue weighted by atomic mass is 32.1. The van der Waals surface area contributed by atoms with Gasteiger partial charge in [0.1, 0.15) is 11.5 Å². The van der Waals surface area contributed by atoms with Gasteiger partial charge in [0.2, 0.25) is 5.95 Å². The van der Waals surface area contributed by atoms with Crippen molar-refractivity contribution in [2.24, 2.45) is 0 Å². The molecule has 4 heterocycles. The Kier molecular flexibility index (Phi) is 5.82. The Bertz CT molecular complexity index is 3550. The average Bonchev–Trinajstić information content (AvgIpc) is 3.87. The summed E-state index contributed by atoms with van der Waals surface area (Å²) in [5.41, 5.74) is 12.3. The summed E-state index contributed by atoms with van der Waals surface area (Å²) in [6, 6.07) is 54.7. The molecule has 5 heteroatoms. The van der Waals surface area contributed by atoms with E-state index in [1.807, 2.05) is 17.4 Å². The van der Waals surface area contributed by atoms with Crippen LogP contribution in [0.15, 0.2) is 152 Å². The highest BCUT2D eigenvalue weighted by molar-refractivity contribution is 7.27. The molecule has 0 unspecified atom stereocenters. The minimum atomic E-state index is -0.111. The van der Waals surface area contributed by atoms with Gasteiger partial charge in [-0.3, -0.25) is 4.57 Å². The van der Waals surface area contributed by atoms with Crippen molar-refractivity contribution in [3.63, 3.8) is 0 Å². The van der Waals surface area contributed by atoms with Gasteiger partial charge in [0.25, 0.3) is 0 Å². The van der Waals surface area contributed by atoms with Gasteiger partial charge < -0.3 is 4.74 Å². The number of thiophene rings is 1. The van der Waals surface area contributed by atoms with Gasteiger partial charge in [-0.2, -0.15) is 0 Å². The van der Waals surface area contributed by atoms with Crippen LogP contribution in [0.4, 0.5) is 0 Å². The van der Waals surface area contributed by atoms with Gasteiger partial charge in [0.05, 0.1) is 32.3 Å². The van der Waals surface area contributed by atoms with Crippen LogP contribution in [0, 0.1) is 0 Å². The second kappa shape index (κ2) is 10.7. The van der Waals surface area contributed by atoms with Crippen molar-refractivity contribution in [1.29, 1.82) is 0 Å². The number of nitrogens with zero attached hydrogens (tertiary/aromatic N) is 3. The minimum absolute atomic E-state index is 0.111. The zero-order chi connectivity index (χ0) is 36.9. The lowest BCUT2D eigenvalue weighted by Crippen LogP contribution is -2.15. The van der Waals surface area contributed by atoms with Gasteiger partial charge in [-0.25, -0.2) is 9.97 Å². The van der Waals surface area contributed by atoms with Gasteiger partial charge >= 0.3 is 0 Å². The van der Waals surface area contributed by atoms with E-state index < -0.39 is 0 Å². The topological polar surface area (TPSA) is 39.9 Å². The summed E-state index contributed by atoms with van der Waals surface area (Å²) in [5.74, 6) is 2.25. The summed E-state index contributed by atoms with van der Waals surface area (Å²) in [6.45, 7) is 4.66. The van der Waals surface area contributed by atoms with E-state index in [1.165, 1.54) is 64.0 Å². The first-order chi connectivity index (χ1) is 27.5. The Morgan fingerprint density at radius 2 is 1.23 bits per heavy atom. The molecule has 8 aromatic carbocycles. The van der Waals surface area contributed by atoms with Crippen molar-refractivity contribution >= 4 is 75.0 Å². The number of ether oxygens (including phenoxy) is 1. The van der Waals surface area contributed by atoms with Gasteiger partial charge in [0, 0.05) is 42.8 Å². The Labute approximate surface area is 325 Å². The molecule has 13 rings (SSSR count). The number of aromatic nitrogens is 3. The molecule has 1 aliphatic carbocycles. The van der Waals surface area contributed by atoms with Crippen molar-refractivity contribution < 1.29 is 4.74 Å². The number of rotatable bonds is 2. The molecule has 0 fully saturated rings. The van der Waals surface area contributed by atoms with E-state index in [1.54, 1.807) is 0 Å². The fourth-order valence-electron chi connectivity index (χ4n) is 9.88. The fraction of sp³-hybridized carbons (Fsp3) is 0.0588. The summed E-state index contributed by atoms with van der Waals surface area (Å²) < 4.78 is 11.7. The lowest BCUT2D eigenvalue weighted by atomic mass is 9.81. The van der Waals surface area contributed by atoms with E-state index in [0.717, 1.165) is 55.8 Å². The standard InChI is InChI=1S/C51H31N3OS/c1-51(2)37-19-9-5-13-30(37)31-24-23-28(27-38(31)51)29-25-26-39-45-46(35-17-7-11-21-41(35)55-48(29)45)53-50(52-39)54-40-20-10-6-16-34(40)43-32-14-3-4-15-33(32)44-36-18-8-12-22-42(36)56-49(44)47(43)54/h3-27H,1-2H3. The number of para-hydroxylation sites is 2. The zero-order valence-corrected chi connectivity index (χ0v) is 31.4. The third-order valence-electron chi connectivity index (χ3n) is 12.4. The molecule has 0 saturated carbocycles. The molecule has 0 spiro atoms. The first-order valence-corrected chi connectivity index (χ1v) is 20.0. The molecule has 0 bridgehead atoms. The van der Waals surface area contributed by atoms with Crippen LogP contribution in [0.1, 0.15) is 25.0 Å². The second-order valence-electron chi connectivity index (χ2n) is 15.7. The predicted octanol–water partition coefficient (Wildman–Crippen LogP) is 14.0. The van der Waals surface area contributed by atoms with Crippen LogP contribution >= 0.6 is 11.3 Å². The molecule has 3 aromatic heterocycles. The minimum Gasteiger partial charge on any atom is -0.455 e. The summed E-state index contributed by atoms with van der Waals surface area (Å²) in [6.07, 6.45) is 0. The molecule has 4 nitrogen and oxygen atoms in total.